The zero-order chi connectivity index (χ0) is 13.7. The molecule has 1 N–H and O–H groups in total. The van der Waals surface area contributed by atoms with Gasteiger partial charge in [0.05, 0.1) is 6.61 Å². The first-order valence-electron chi connectivity index (χ1n) is 5.79. The van der Waals surface area contributed by atoms with E-state index < -0.39 is 5.82 Å². The Bertz CT molecular complexity index is 457. The van der Waals surface area contributed by atoms with Gasteiger partial charge < -0.3 is 10.0 Å². The molecular weight excluding hydrogens is 233 g/mol. The molecule has 0 aliphatic heterocycles. The van der Waals surface area contributed by atoms with Crippen molar-refractivity contribution in [1.29, 1.82) is 0 Å². The summed E-state index contributed by atoms with van der Waals surface area (Å²) in [6.45, 7) is 7.51. The fourth-order valence-electron chi connectivity index (χ4n) is 1.80. The number of aliphatic hydroxyl groups excluding tert-OH is 1. The number of aliphatic hydroxyl groups is 1. The van der Waals surface area contributed by atoms with Gasteiger partial charge >= 0.3 is 0 Å². The second-order valence-electron chi connectivity index (χ2n) is 4.13. The summed E-state index contributed by atoms with van der Waals surface area (Å²) in [5.41, 5.74) is 1.44. The molecule has 0 bridgehead atoms. The summed E-state index contributed by atoms with van der Waals surface area (Å²) in [7, 11) is 0. The Labute approximate surface area is 107 Å². The van der Waals surface area contributed by atoms with Crippen LogP contribution >= 0.6 is 0 Å². The summed E-state index contributed by atoms with van der Waals surface area (Å²) in [6, 6.07) is 2.88. The topological polar surface area (TPSA) is 40.5 Å². The fraction of sp³-hybridized carbons (Fsp3) is 0.357. The van der Waals surface area contributed by atoms with E-state index in [0.29, 0.717) is 29.9 Å². The molecule has 0 unspecified atom stereocenters. The zero-order valence-corrected chi connectivity index (χ0v) is 10.7. The molecule has 1 rings (SSSR count). The van der Waals surface area contributed by atoms with Gasteiger partial charge in [0.2, 0.25) is 0 Å². The number of nitrogens with zero attached hydrogens (tertiary/aromatic N) is 1. The van der Waals surface area contributed by atoms with Crippen molar-refractivity contribution in [3.63, 3.8) is 0 Å². The molecule has 0 aliphatic carbocycles. The van der Waals surface area contributed by atoms with Crippen molar-refractivity contribution in [2.45, 2.75) is 13.8 Å². The average Bonchev–Trinajstić information content (AvgIpc) is 2.31. The molecule has 0 fully saturated rings. The van der Waals surface area contributed by atoms with E-state index in [1.54, 1.807) is 24.0 Å². The molecule has 0 atom stereocenters. The number of anilines is 1. The van der Waals surface area contributed by atoms with E-state index in [9.17, 15) is 9.18 Å². The summed E-state index contributed by atoms with van der Waals surface area (Å²) < 4.78 is 13.5. The highest BCUT2D eigenvalue weighted by Crippen LogP contribution is 2.25. The highest BCUT2D eigenvalue weighted by molar-refractivity contribution is 6.00. The van der Waals surface area contributed by atoms with Gasteiger partial charge in [0, 0.05) is 24.3 Å². The lowest BCUT2D eigenvalue weighted by atomic mass is 10.0. The first kappa shape index (κ1) is 14.4. The predicted molar refractivity (Wildman–Crippen MR) is 70.6 cm³/mol. The third kappa shape index (κ3) is 3.17. The molecule has 18 heavy (non-hydrogen) atoms. The Balaban J connectivity index is 3.29. The summed E-state index contributed by atoms with van der Waals surface area (Å²) in [4.78, 5) is 13.4. The molecule has 3 nitrogen and oxygen atoms in total. The van der Waals surface area contributed by atoms with Gasteiger partial charge in [0.15, 0.2) is 5.78 Å². The highest BCUT2D eigenvalue weighted by Gasteiger charge is 2.15. The summed E-state index contributed by atoms with van der Waals surface area (Å²) in [6.07, 6.45) is 1.68. The molecule has 4 heteroatoms. The number of ketones is 1. The maximum Gasteiger partial charge on any atom is 0.161 e. The van der Waals surface area contributed by atoms with Crippen LogP contribution in [0.25, 0.3) is 0 Å². The minimum atomic E-state index is -0.397. The van der Waals surface area contributed by atoms with Gasteiger partial charge in [-0.15, -0.1) is 6.58 Å². The number of benzene rings is 1. The van der Waals surface area contributed by atoms with E-state index >= 15 is 0 Å². The van der Waals surface area contributed by atoms with E-state index in [1.807, 2.05) is 0 Å². The summed E-state index contributed by atoms with van der Waals surface area (Å²) in [5, 5.41) is 9.04. The minimum absolute atomic E-state index is 0.0401. The average molecular weight is 251 g/mol. The van der Waals surface area contributed by atoms with E-state index in [2.05, 4.69) is 6.58 Å². The van der Waals surface area contributed by atoms with Crippen molar-refractivity contribution in [1.82, 2.24) is 0 Å². The van der Waals surface area contributed by atoms with E-state index in [-0.39, 0.29) is 12.4 Å². The van der Waals surface area contributed by atoms with Crippen LogP contribution in [-0.4, -0.2) is 30.6 Å². The number of hydrogen-bond acceptors (Lipinski definition) is 3. The quantitative estimate of drug-likeness (QED) is 0.623. The van der Waals surface area contributed by atoms with Gasteiger partial charge in [-0.2, -0.15) is 0 Å². The van der Waals surface area contributed by atoms with E-state index in [0.717, 1.165) is 0 Å². The molecule has 0 heterocycles. The third-order valence-corrected chi connectivity index (χ3v) is 2.72. The van der Waals surface area contributed by atoms with Crippen LogP contribution in [0.15, 0.2) is 24.8 Å². The maximum atomic E-state index is 13.5. The molecule has 0 aliphatic rings. The molecule has 0 saturated heterocycles. The Hall–Kier alpha value is -1.68. The lowest BCUT2D eigenvalue weighted by Crippen LogP contribution is -2.28. The molecule has 0 saturated carbocycles. The first-order valence-corrected chi connectivity index (χ1v) is 5.79. The zero-order valence-electron chi connectivity index (χ0n) is 10.7. The lowest BCUT2D eigenvalue weighted by molar-refractivity contribution is 0.101. The van der Waals surface area contributed by atoms with Crippen LogP contribution in [0.3, 0.4) is 0 Å². The monoisotopic (exact) mass is 251 g/mol. The number of halogens is 1. The molecule has 0 radical (unpaired) electrons. The van der Waals surface area contributed by atoms with Crippen LogP contribution in [-0.2, 0) is 0 Å². The highest BCUT2D eigenvalue weighted by atomic mass is 19.1. The Kier molecular flexibility index (Phi) is 5.04. The molecular formula is C14H18FNO2. The van der Waals surface area contributed by atoms with Crippen LogP contribution in [0.1, 0.15) is 22.8 Å². The second kappa shape index (κ2) is 6.31. The van der Waals surface area contributed by atoms with Gasteiger partial charge in [-0.3, -0.25) is 4.79 Å². The largest absolute Gasteiger partial charge is 0.395 e. The van der Waals surface area contributed by atoms with E-state index in [1.165, 1.54) is 13.0 Å². The van der Waals surface area contributed by atoms with Crippen LogP contribution in [0.4, 0.5) is 10.1 Å². The van der Waals surface area contributed by atoms with Crippen molar-refractivity contribution in [3.05, 3.63) is 41.7 Å². The molecule has 1 aromatic carbocycles. The summed E-state index contributed by atoms with van der Waals surface area (Å²) >= 11 is 0. The fourth-order valence-corrected chi connectivity index (χ4v) is 1.80. The van der Waals surface area contributed by atoms with Gasteiger partial charge in [-0.05, 0) is 31.5 Å². The number of aryl methyl sites for hydroxylation is 1. The number of hydrogen-bond donors (Lipinski definition) is 1. The number of carbonyl (C=O) groups excluding carboxylic acids is 1. The van der Waals surface area contributed by atoms with Gasteiger partial charge in [0.25, 0.3) is 0 Å². The van der Waals surface area contributed by atoms with Crippen molar-refractivity contribution in [2.24, 2.45) is 0 Å². The standard InChI is InChI=1S/C14H18FNO2/c1-4-5-16(6-7-17)14-8-10(2)13(15)9-12(14)11(3)18/h4,8-9,17H,1,5-7H2,2-3H3. The maximum absolute atomic E-state index is 13.5. The van der Waals surface area contributed by atoms with E-state index in [4.69, 9.17) is 5.11 Å². The smallest absolute Gasteiger partial charge is 0.161 e. The van der Waals surface area contributed by atoms with Crippen LogP contribution < -0.4 is 4.90 Å². The van der Waals surface area contributed by atoms with Crippen LogP contribution in [0, 0.1) is 12.7 Å². The molecule has 1 aromatic rings. The lowest BCUT2D eigenvalue weighted by Gasteiger charge is -2.25. The molecule has 98 valence electrons. The third-order valence-electron chi connectivity index (χ3n) is 2.72. The first-order chi connectivity index (χ1) is 8.51. The van der Waals surface area contributed by atoms with Crippen molar-refractivity contribution in [3.8, 4) is 0 Å². The predicted octanol–water partition coefficient (Wildman–Crippen LogP) is 2.32. The van der Waals surface area contributed by atoms with Gasteiger partial charge in [0.1, 0.15) is 5.82 Å². The van der Waals surface area contributed by atoms with Gasteiger partial charge in [-0.1, -0.05) is 6.08 Å². The Morgan fingerprint density at radius 1 is 1.56 bits per heavy atom. The molecule has 0 amide bonds. The van der Waals surface area contributed by atoms with Crippen LogP contribution in [0.2, 0.25) is 0 Å². The normalized spacial score (nSPS) is 10.2. The minimum Gasteiger partial charge on any atom is -0.395 e. The second-order valence-corrected chi connectivity index (χ2v) is 4.13. The Morgan fingerprint density at radius 2 is 2.22 bits per heavy atom. The number of rotatable bonds is 6. The number of Topliss-reactive ketones (excluding diaryl/α,β-unsaturated/α-hetero) is 1. The molecule has 0 aromatic heterocycles. The molecule has 0 spiro atoms. The summed E-state index contributed by atoms with van der Waals surface area (Å²) in [5.74, 6) is -0.595. The van der Waals surface area contributed by atoms with Crippen molar-refractivity contribution in [2.75, 3.05) is 24.6 Å². The Morgan fingerprint density at radius 3 is 2.72 bits per heavy atom. The SMILES string of the molecule is C=CCN(CCO)c1cc(C)c(F)cc1C(C)=O. The van der Waals surface area contributed by atoms with Gasteiger partial charge in [-0.25, -0.2) is 4.39 Å². The van der Waals surface area contributed by atoms with Crippen molar-refractivity contribution >= 4 is 11.5 Å². The van der Waals surface area contributed by atoms with Crippen LogP contribution in [0.5, 0.6) is 0 Å². The number of carbonyl (C=O) groups is 1. The van der Waals surface area contributed by atoms with Crippen molar-refractivity contribution < 1.29 is 14.3 Å².